The maximum absolute atomic E-state index is 12.1. The zero-order valence-electron chi connectivity index (χ0n) is 12.9. The molecule has 114 valence electrons. The maximum atomic E-state index is 12.1. The van der Waals surface area contributed by atoms with Gasteiger partial charge < -0.3 is 16.0 Å². The smallest absolute Gasteiger partial charge is 0.323 e. The van der Waals surface area contributed by atoms with Crippen LogP contribution < -0.4 is 16.0 Å². The zero-order valence-corrected chi connectivity index (χ0v) is 12.9. The van der Waals surface area contributed by atoms with Gasteiger partial charge in [-0.15, -0.1) is 0 Å². The Morgan fingerprint density at radius 2 is 1.55 bits per heavy atom. The Bertz CT molecular complexity index is 711. The van der Waals surface area contributed by atoms with Gasteiger partial charge in [0, 0.05) is 24.0 Å². The van der Waals surface area contributed by atoms with E-state index in [2.05, 4.69) is 16.0 Å². The summed E-state index contributed by atoms with van der Waals surface area (Å²) in [5.41, 5.74) is 4.09. The molecule has 0 aliphatic carbocycles. The third kappa shape index (κ3) is 4.34. The molecule has 0 aromatic heterocycles. The lowest BCUT2D eigenvalue weighted by Gasteiger charge is -2.11. The average Bonchev–Trinajstić information content (AvgIpc) is 2.42. The van der Waals surface area contributed by atoms with Gasteiger partial charge in [0.15, 0.2) is 0 Å². The molecule has 0 fully saturated rings. The van der Waals surface area contributed by atoms with E-state index in [-0.39, 0.29) is 11.9 Å². The van der Waals surface area contributed by atoms with E-state index in [1.165, 1.54) is 6.92 Å². The first-order chi connectivity index (χ1) is 10.4. The van der Waals surface area contributed by atoms with Crippen LogP contribution in [-0.4, -0.2) is 11.9 Å². The second-order valence-electron chi connectivity index (χ2n) is 5.16. The molecule has 5 nitrogen and oxygen atoms in total. The highest BCUT2D eigenvalue weighted by atomic mass is 16.2. The molecule has 0 aliphatic heterocycles. The van der Waals surface area contributed by atoms with Crippen LogP contribution in [0.4, 0.5) is 21.9 Å². The number of hydrogen-bond acceptors (Lipinski definition) is 2. The first kappa shape index (κ1) is 15.6. The number of rotatable bonds is 3. The lowest BCUT2D eigenvalue weighted by molar-refractivity contribution is -0.114. The molecule has 2 aromatic carbocycles. The number of anilines is 3. The molecule has 0 saturated carbocycles. The van der Waals surface area contributed by atoms with E-state index in [4.69, 9.17) is 0 Å². The van der Waals surface area contributed by atoms with Crippen LogP contribution in [0, 0.1) is 13.8 Å². The zero-order chi connectivity index (χ0) is 16.1. The van der Waals surface area contributed by atoms with Crippen LogP contribution >= 0.6 is 0 Å². The van der Waals surface area contributed by atoms with Crippen LogP contribution in [0.5, 0.6) is 0 Å². The van der Waals surface area contributed by atoms with Crippen molar-refractivity contribution >= 4 is 29.0 Å². The Hall–Kier alpha value is -2.82. The summed E-state index contributed by atoms with van der Waals surface area (Å²) in [7, 11) is 0. The Kier molecular flexibility index (Phi) is 4.78. The number of benzene rings is 2. The summed E-state index contributed by atoms with van der Waals surface area (Å²) >= 11 is 0. The Balaban J connectivity index is 2.05. The second-order valence-corrected chi connectivity index (χ2v) is 5.16. The fraction of sp³-hybridized carbons (Fsp3) is 0.176. The number of nitrogens with one attached hydrogen (secondary N) is 3. The third-order valence-electron chi connectivity index (χ3n) is 3.08. The fourth-order valence-electron chi connectivity index (χ4n) is 2.03. The molecule has 3 amide bonds. The highest BCUT2D eigenvalue weighted by Crippen LogP contribution is 2.18. The first-order valence-corrected chi connectivity index (χ1v) is 6.97. The van der Waals surface area contributed by atoms with Gasteiger partial charge in [0.2, 0.25) is 5.91 Å². The van der Waals surface area contributed by atoms with Crippen LogP contribution in [0.1, 0.15) is 18.1 Å². The van der Waals surface area contributed by atoms with Gasteiger partial charge in [-0.3, -0.25) is 4.79 Å². The minimum absolute atomic E-state index is 0.156. The highest BCUT2D eigenvalue weighted by Gasteiger charge is 2.06. The van der Waals surface area contributed by atoms with Gasteiger partial charge in [0.1, 0.15) is 0 Å². The van der Waals surface area contributed by atoms with Crippen molar-refractivity contribution in [3.8, 4) is 0 Å². The van der Waals surface area contributed by atoms with Gasteiger partial charge in [-0.25, -0.2) is 4.79 Å². The highest BCUT2D eigenvalue weighted by molar-refractivity contribution is 6.00. The molecule has 0 spiro atoms. The van der Waals surface area contributed by atoms with Crippen molar-refractivity contribution in [1.29, 1.82) is 0 Å². The van der Waals surface area contributed by atoms with Gasteiger partial charge >= 0.3 is 6.03 Å². The predicted molar refractivity (Wildman–Crippen MR) is 89.3 cm³/mol. The van der Waals surface area contributed by atoms with Gasteiger partial charge in [0.05, 0.1) is 0 Å². The largest absolute Gasteiger partial charge is 0.326 e. The molecule has 0 aliphatic rings. The average molecular weight is 297 g/mol. The molecular formula is C17H19N3O2. The predicted octanol–water partition coefficient (Wildman–Crippen LogP) is 3.91. The minimum atomic E-state index is -0.325. The molecule has 0 atom stereocenters. The molecule has 0 radical (unpaired) electrons. The molecule has 3 N–H and O–H groups in total. The van der Waals surface area contributed by atoms with Crippen molar-refractivity contribution in [3.63, 3.8) is 0 Å². The SMILES string of the molecule is CC(=O)Nc1cccc(NC(=O)Nc2cc(C)ccc2C)c1. The number of carbonyl (C=O) groups is 2. The van der Waals surface area contributed by atoms with Crippen LogP contribution in [0.25, 0.3) is 0 Å². The monoisotopic (exact) mass is 297 g/mol. The first-order valence-electron chi connectivity index (χ1n) is 6.97. The quantitative estimate of drug-likeness (QED) is 0.804. The second kappa shape index (κ2) is 6.76. The van der Waals surface area contributed by atoms with Crippen molar-refractivity contribution in [2.45, 2.75) is 20.8 Å². The normalized spacial score (nSPS) is 9.95. The molecule has 22 heavy (non-hydrogen) atoms. The molecule has 2 aromatic rings. The van der Waals surface area contributed by atoms with Crippen LogP contribution in [-0.2, 0) is 4.79 Å². The molecule has 0 unspecified atom stereocenters. The maximum Gasteiger partial charge on any atom is 0.323 e. The van der Waals surface area contributed by atoms with E-state index >= 15 is 0 Å². The number of amides is 3. The fourth-order valence-corrected chi connectivity index (χ4v) is 2.03. The van der Waals surface area contributed by atoms with Gasteiger partial charge in [-0.05, 0) is 49.2 Å². The molecule has 0 bridgehead atoms. The van der Waals surface area contributed by atoms with E-state index in [1.54, 1.807) is 24.3 Å². The van der Waals surface area contributed by atoms with Crippen LogP contribution in [0.3, 0.4) is 0 Å². The van der Waals surface area contributed by atoms with Crippen molar-refractivity contribution < 1.29 is 9.59 Å². The van der Waals surface area contributed by atoms with Crippen LogP contribution in [0.15, 0.2) is 42.5 Å². The van der Waals surface area contributed by atoms with Gasteiger partial charge in [-0.1, -0.05) is 18.2 Å². The van der Waals surface area contributed by atoms with Crippen molar-refractivity contribution in [2.24, 2.45) is 0 Å². The van der Waals surface area contributed by atoms with E-state index in [1.807, 2.05) is 32.0 Å². The van der Waals surface area contributed by atoms with Crippen molar-refractivity contribution in [3.05, 3.63) is 53.6 Å². The van der Waals surface area contributed by atoms with E-state index in [0.717, 1.165) is 16.8 Å². The van der Waals surface area contributed by atoms with Gasteiger partial charge in [-0.2, -0.15) is 0 Å². The van der Waals surface area contributed by atoms with Crippen molar-refractivity contribution in [2.75, 3.05) is 16.0 Å². The lowest BCUT2D eigenvalue weighted by atomic mass is 10.1. The molecule has 5 heteroatoms. The number of aryl methyl sites for hydroxylation is 2. The summed E-state index contributed by atoms with van der Waals surface area (Å²) in [5, 5.41) is 8.25. The lowest BCUT2D eigenvalue weighted by Crippen LogP contribution is -2.20. The summed E-state index contributed by atoms with van der Waals surface area (Å²) in [5.74, 6) is -0.156. The molecule has 2 rings (SSSR count). The summed E-state index contributed by atoms with van der Waals surface area (Å²) in [6.45, 7) is 5.35. The minimum Gasteiger partial charge on any atom is -0.326 e. The summed E-state index contributed by atoms with van der Waals surface area (Å²) in [4.78, 5) is 23.1. The standard InChI is InChI=1S/C17H19N3O2/c1-11-7-8-12(2)16(9-11)20-17(22)19-15-6-4-5-14(10-15)18-13(3)21/h4-10H,1-3H3,(H,18,21)(H2,19,20,22). The molecular weight excluding hydrogens is 278 g/mol. The van der Waals surface area contributed by atoms with Gasteiger partial charge in [0.25, 0.3) is 0 Å². The number of carbonyl (C=O) groups excluding carboxylic acids is 2. The van der Waals surface area contributed by atoms with Crippen molar-refractivity contribution in [1.82, 2.24) is 0 Å². The summed E-state index contributed by atoms with van der Waals surface area (Å²) in [6, 6.07) is 12.5. The number of urea groups is 1. The summed E-state index contributed by atoms with van der Waals surface area (Å²) in [6.07, 6.45) is 0. The Morgan fingerprint density at radius 3 is 2.23 bits per heavy atom. The third-order valence-corrected chi connectivity index (χ3v) is 3.08. The topological polar surface area (TPSA) is 70.2 Å². The summed E-state index contributed by atoms with van der Waals surface area (Å²) < 4.78 is 0. The molecule has 0 heterocycles. The van der Waals surface area contributed by atoms with E-state index in [9.17, 15) is 9.59 Å². The Morgan fingerprint density at radius 1 is 0.864 bits per heavy atom. The van der Waals surface area contributed by atoms with E-state index < -0.39 is 0 Å². The van der Waals surface area contributed by atoms with E-state index in [0.29, 0.717) is 11.4 Å². The Labute approximate surface area is 129 Å². The molecule has 0 saturated heterocycles. The number of hydrogen-bond donors (Lipinski definition) is 3. The van der Waals surface area contributed by atoms with Crippen LogP contribution in [0.2, 0.25) is 0 Å².